The minimum Gasteiger partial charge on any atom is -0.257 e. The molecule has 2 aromatic rings. The van der Waals surface area contributed by atoms with Gasteiger partial charge in [-0.15, -0.1) is 0 Å². The van der Waals surface area contributed by atoms with Crippen LogP contribution in [0.3, 0.4) is 0 Å². The molecule has 0 saturated carbocycles. The summed E-state index contributed by atoms with van der Waals surface area (Å²) < 4.78 is 27.6. The second-order valence-electron chi connectivity index (χ2n) is 4.74. The Morgan fingerprint density at radius 3 is 2.25 bits per heavy atom. The number of aliphatic imine (C=N–C) groups is 2. The molecule has 1 aliphatic rings. The highest BCUT2D eigenvalue weighted by Crippen LogP contribution is 2.32. The van der Waals surface area contributed by atoms with Crippen LogP contribution < -0.4 is 0 Å². The van der Waals surface area contributed by atoms with E-state index in [1.807, 2.05) is 0 Å². The van der Waals surface area contributed by atoms with E-state index in [1.54, 1.807) is 43.3 Å². The Kier molecular flexibility index (Phi) is 2.93. The average molecular weight is 270 g/mol. The summed E-state index contributed by atoms with van der Waals surface area (Å²) in [4.78, 5) is 8.66. The van der Waals surface area contributed by atoms with Crippen molar-refractivity contribution < 1.29 is 8.78 Å². The number of hydrogen-bond donors (Lipinski definition) is 0. The molecule has 0 spiro atoms. The molecule has 20 heavy (non-hydrogen) atoms. The van der Waals surface area contributed by atoms with Gasteiger partial charge in [0.15, 0.2) is 5.66 Å². The van der Waals surface area contributed by atoms with Crippen LogP contribution in [0.5, 0.6) is 0 Å². The van der Waals surface area contributed by atoms with Gasteiger partial charge in [-0.25, -0.2) is 13.8 Å². The van der Waals surface area contributed by atoms with Crippen molar-refractivity contribution in [1.82, 2.24) is 0 Å². The fourth-order valence-electron chi connectivity index (χ4n) is 2.25. The molecule has 1 heterocycles. The predicted molar refractivity (Wildman–Crippen MR) is 75.2 cm³/mol. The van der Waals surface area contributed by atoms with Crippen molar-refractivity contribution in [2.75, 3.05) is 0 Å². The van der Waals surface area contributed by atoms with Crippen molar-refractivity contribution in [3.05, 3.63) is 71.3 Å². The summed E-state index contributed by atoms with van der Waals surface area (Å²) in [5.74, 6) is -0.735. The maximum absolute atomic E-state index is 13.9. The van der Waals surface area contributed by atoms with E-state index in [4.69, 9.17) is 0 Å². The van der Waals surface area contributed by atoms with E-state index in [-0.39, 0.29) is 11.6 Å². The highest BCUT2D eigenvalue weighted by Gasteiger charge is 2.32. The van der Waals surface area contributed by atoms with Gasteiger partial charge in [0.05, 0.1) is 11.9 Å². The van der Waals surface area contributed by atoms with Crippen molar-refractivity contribution in [2.45, 2.75) is 12.6 Å². The number of halogens is 2. The van der Waals surface area contributed by atoms with E-state index < -0.39 is 5.66 Å². The van der Waals surface area contributed by atoms with Gasteiger partial charge in [0.2, 0.25) is 0 Å². The molecule has 3 rings (SSSR count). The molecular formula is C16H12F2N2. The number of rotatable bonds is 2. The van der Waals surface area contributed by atoms with E-state index in [2.05, 4.69) is 9.98 Å². The van der Waals surface area contributed by atoms with Gasteiger partial charge in [0, 0.05) is 11.1 Å². The lowest BCUT2D eigenvalue weighted by Crippen LogP contribution is -2.16. The lowest BCUT2D eigenvalue weighted by molar-refractivity contribution is 0.493. The van der Waals surface area contributed by atoms with E-state index in [0.717, 1.165) is 0 Å². The van der Waals surface area contributed by atoms with Crippen LogP contribution in [0, 0.1) is 11.6 Å². The molecule has 2 nitrogen and oxygen atoms in total. The van der Waals surface area contributed by atoms with E-state index in [1.165, 1.54) is 18.3 Å². The third-order valence-corrected chi connectivity index (χ3v) is 3.31. The highest BCUT2D eigenvalue weighted by molar-refractivity contribution is 6.39. The zero-order valence-corrected chi connectivity index (χ0v) is 10.8. The Morgan fingerprint density at radius 2 is 1.55 bits per heavy atom. The van der Waals surface area contributed by atoms with E-state index >= 15 is 0 Å². The Labute approximate surface area is 115 Å². The summed E-state index contributed by atoms with van der Waals surface area (Å²) in [6.45, 7) is 1.70. The first-order chi connectivity index (χ1) is 9.60. The minimum absolute atomic E-state index is 0.365. The molecule has 1 atom stereocenters. The summed E-state index contributed by atoms with van der Waals surface area (Å²) in [5, 5.41) is 0. The van der Waals surface area contributed by atoms with Crippen molar-refractivity contribution in [3.8, 4) is 0 Å². The first kappa shape index (κ1) is 12.7. The highest BCUT2D eigenvalue weighted by atomic mass is 19.1. The van der Waals surface area contributed by atoms with Gasteiger partial charge in [-0.3, -0.25) is 4.99 Å². The molecule has 0 saturated heterocycles. The molecular weight excluding hydrogens is 258 g/mol. The summed E-state index contributed by atoms with van der Waals surface area (Å²) in [6.07, 6.45) is 1.49. The van der Waals surface area contributed by atoms with Crippen molar-refractivity contribution in [1.29, 1.82) is 0 Å². The summed E-state index contributed by atoms with van der Waals surface area (Å²) in [6, 6.07) is 12.7. The van der Waals surface area contributed by atoms with Gasteiger partial charge in [-0.1, -0.05) is 30.3 Å². The fourth-order valence-corrected chi connectivity index (χ4v) is 2.25. The van der Waals surface area contributed by atoms with E-state index in [0.29, 0.717) is 16.8 Å². The molecule has 0 N–H and O–H groups in total. The molecule has 1 aliphatic heterocycles. The fraction of sp³-hybridized carbons (Fsp3) is 0.125. The third kappa shape index (κ3) is 2.03. The normalized spacial score (nSPS) is 21.1. The number of nitrogens with zero attached hydrogens (tertiary/aromatic N) is 2. The van der Waals surface area contributed by atoms with Crippen LogP contribution in [0.25, 0.3) is 0 Å². The largest absolute Gasteiger partial charge is 0.257 e. The SMILES string of the molecule is CC1(c2ccccc2F)N=CC(c2ccccc2F)=N1. The molecule has 0 amide bonds. The van der Waals surface area contributed by atoms with E-state index in [9.17, 15) is 8.78 Å². The molecule has 4 heteroatoms. The molecule has 0 bridgehead atoms. The molecule has 100 valence electrons. The minimum atomic E-state index is -1.04. The smallest absolute Gasteiger partial charge is 0.176 e. The number of benzene rings is 2. The second kappa shape index (κ2) is 4.63. The van der Waals surface area contributed by atoms with Gasteiger partial charge in [-0.05, 0) is 25.1 Å². The summed E-state index contributed by atoms with van der Waals surface area (Å²) in [5.41, 5.74) is 0.135. The van der Waals surface area contributed by atoms with Gasteiger partial charge < -0.3 is 0 Å². The van der Waals surface area contributed by atoms with Crippen LogP contribution >= 0.6 is 0 Å². The second-order valence-corrected chi connectivity index (χ2v) is 4.74. The first-order valence-electron chi connectivity index (χ1n) is 6.25. The van der Waals surface area contributed by atoms with Crippen LogP contribution in [0.1, 0.15) is 18.1 Å². The monoisotopic (exact) mass is 270 g/mol. The van der Waals surface area contributed by atoms with Crippen LogP contribution in [0.2, 0.25) is 0 Å². The summed E-state index contributed by atoms with van der Waals surface area (Å²) in [7, 11) is 0. The van der Waals surface area contributed by atoms with Crippen molar-refractivity contribution in [3.63, 3.8) is 0 Å². The van der Waals surface area contributed by atoms with Crippen molar-refractivity contribution in [2.24, 2.45) is 9.98 Å². The third-order valence-electron chi connectivity index (χ3n) is 3.31. The van der Waals surface area contributed by atoms with Gasteiger partial charge in [0.25, 0.3) is 0 Å². The number of hydrogen-bond acceptors (Lipinski definition) is 2. The molecule has 0 fully saturated rings. The maximum atomic E-state index is 13.9. The standard InChI is InChI=1S/C16H12F2N2/c1-16(12-7-3-5-9-14(12)18)19-10-15(20-16)11-6-2-4-8-13(11)17/h2-10H,1H3. The Bertz CT molecular complexity index is 722. The quantitative estimate of drug-likeness (QED) is 0.794. The Morgan fingerprint density at radius 1 is 0.900 bits per heavy atom. The predicted octanol–water partition coefficient (Wildman–Crippen LogP) is 3.71. The van der Waals surface area contributed by atoms with Crippen LogP contribution in [0.15, 0.2) is 58.5 Å². The van der Waals surface area contributed by atoms with Crippen molar-refractivity contribution >= 4 is 11.9 Å². The topological polar surface area (TPSA) is 24.7 Å². The molecule has 0 aliphatic carbocycles. The van der Waals surface area contributed by atoms with Crippen LogP contribution in [-0.2, 0) is 5.66 Å². The Balaban J connectivity index is 2.06. The zero-order chi connectivity index (χ0) is 14.2. The van der Waals surface area contributed by atoms with Gasteiger partial charge in [0.1, 0.15) is 11.6 Å². The van der Waals surface area contributed by atoms with Crippen LogP contribution in [-0.4, -0.2) is 11.9 Å². The average Bonchev–Trinajstić information content (AvgIpc) is 2.83. The molecule has 1 unspecified atom stereocenters. The maximum Gasteiger partial charge on any atom is 0.176 e. The molecule has 2 aromatic carbocycles. The van der Waals surface area contributed by atoms with Gasteiger partial charge >= 0.3 is 0 Å². The summed E-state index contributed by atoms with van der Waals surface area (Å²) >= 11 is 0. The Hall–Kier alpha value is -2.36. The molecule has 0 radical (unpaired) electrons. The zero-order valence-electron chi connectivity index (χ0n) is 10.8. The van der Waals surface area contributed by atoms with Crippen LogP contribution in [0.4, 0.5) is 8.78 Å². The molecule has 0 aromatic heterocycles. The van der Waals surface area contributed by atoms with Gasteiger partial charge in [-0.2, -0.15) is 0 Å². The lowest BCUT2D eigenvalue weighted by atomic mass is 10.0. The first-order valence-corrected chi connectivity index (χ1v) is 6.25. The lowest BCUT2D eigenvalue weighted by Gasteiger charge is -2.18.